The number of hydrogen-bond acceptors (Lipinski definition) is 3. The van der Waals surface area contributed by atoms with Gasteiger partial charge < -0.3 is 21.1 Å². The second-order valence-electron chi connectivity index (χ2n) is 4.51. The van der Waals surface area contributed by atoms with Crippen LogP contribution in [-0.4, -0.2) is 48.3 Å². The van der Waals surface area contributed by atoms with Crippen molar-refractivity contribution >= 4 is 6.03 Å². The minimum atomic E-state index is -0.336. The molecule has 0 aliphatic carbocycles. The van der Waals surface area contributed by atoms with Crippen LogP contribution in [0.25, 0.3) is 0 Å². The molecular weight excluding hydrogens is 206 g/mol. The van der Waals surface area contributed by atoms with Gasteiger partial charge in [0.2, 0.25) is 0 Å². The van der Waals surface area contributed by atoms with Crippen LogP contribution < -0.4 is 11.1 Å². The SMILES string of the molecule is CCCC1CC(NCCO)CN(C(N)=O)C1. The van der Waals surface area contributed by atoms with E-state index in [2.05, 4.69) is 12.2 Å². The summed E-state index contributed by atoms with van der Waals surface area (Å²) in [5.41, 5.74) is 5.33. The highest BCUT2D eigenvalue weighted by molar-refractivity contribution is 5.72. The smallest absolute Gasteiger partial charge is 0.314 e. The van der Waals surface area contributed by atoms with Gasteiger partial charge >= 0.3 is 6.03 Å². The number of amides is 2. The fraction of sp³-hybridized carbons (Fsp3) is 0.909. The minimum absolute atomic E-state index is 0.130. The van der Waals surface area contributed by atoms with Crippen LogP contribution in [0.15, 0.2) is 0 Å². The number of likely N-dealkylation sites (tertiary alicyclic amines) is 1. The first-order chi connectivity index (χ1) is 7.67. The lowest BCUT2D eigenvalue weighted by Crippen LogP contribution is -2.53. The number of aliphatic hydroxyl groups is 1. The van der Waals surface area contributed by atoms with E-state index >= 15 is 0 Å². The second-order valence-corrected chi connectivity index (χ2v) is 4.51. The van der Waals surface area contributed by atoms with E-state index in [1.807, 2.05) is 0 Å². The van der Waals surface area contributed by atoms with Gasteiger partial charge in [0.1, 0.15) is 0 Å². The molecule has 2 atom stereocenters. The molecular formula is C11H23N3O2. The van der Waals surface area contributed by atoms with Crippen LogP contribution in [0, 0.1) is 5.92 Å². The van der Waals surface area contributed by atoms with Crippen LogP contribution in [-0.2, 0) is 0 Å². The Morgan fingerprint density at radius 2 is 2.31 bits per heavy atom. The van der Waals surface area contributed by atoms with Crippen LogP contribution in [0.3, 0.4) is 0 Å². The average Bonchev–Trinajstić information content (AvgIpc) is 2.26. The molecule has 5 heteroatoms. The molecule has 1 heterocycles. The van der Waals surface area contributed by atoms with E-state index in [-0.39, 0.29) is 18.7 Å². The molecule has 5 nitrogen and oxygen atoms in total. The van der Waals surface area contributed by atoms with Gasteiger partial charge in [-0.05, 0) is 18.8 Å². The van der Waals surface area contributed by atoms with Gasteiger partial charge in [-0.25, -0.2) is 4.79 Å². The van der Waals surface area contributed by atoms with Crippen molar-refractivity contribution < 1.29 is 9.90 Å². The summed E-state index contributed by atoms with van der Waals surface area (Å²) in [5.74, 6) is 0.530. The third-order valence-corrected chi connectivity index (χ3v) is 3.09. The summed E-state index contributed by atoms with van der Waals surface area (Å²) in [6.45, 7) is 4.30. The molecule has 2 amide bonds. The average molecular weight is 229 g/mol. The zero-order valence-electron chi connectivity index (χ0n) is 9.98. The number of rotatable bonds is 5. The van der Waals surface area contributed by atoms with Crippen LogP contribution in [0.2, 0.25) is 0 Å². The largest absolute Gasteiger partial charge is 0.395 e. The van der Waals surface area contributed by atoms with E-state index < -0.39 is 0 Å². The number of nitrogens with zero attached hydrogens (tertiary/aromatic N) is 1. The molecule has 1 rings (SSSR count). The Morgan fingerprint density at radius 3 is 2.88 bits per heavy atom. The summed E-state index contributed by atoms with van der Waals surface area (Å²) in [6.07, 6.45) is 3.32. The minimum Gasteiger partial charge on any atom is -0.395 e. The third-order valence-electron chi connectivity index (χ3n) is 3.09. The second kappa shape index (κ2) is 6.70. The highest BCUT2D eigenvalue weighted by atomic mass is 16.3. The monoisotopic (exact) mass is 229 g/mol. The summed E-state index contributed by atoms with van der Waals surface area (Å²) in [7, 11) is 0. The Kier molecular flexibility index (Phi) is 5.55. The zero-order chi connectivity index (χ0) is 12.0. The van der Waals surface area contributed by atoms with Gasteiger partial charge in [-0.15, -0.1) is 0 Å². The number of aliphatic hydroxyl groups excluding tert-OH is 1. The van der Waals surface area contributed by atoms with E-state index in [1.165, 1.54) is 0 Å². The number of carbonyl (C=O) groups is 1. The molecule has 0 bridgehead atoms. The lowest BCUT2D eigenvalue weighted by molar-refractivity contribution is 0.145. The molecule has 1 saturated heterocycles. The molecule has 1 fully saturated rings. The Hall–Kier alpha value is -0.810. The van der Waals surface area contributed by atoms with Crippen LogP contribution in [0.1, 0.15) is 26.2 Å². The molecule has 0 aromatic heterocycles. The van der Waals surface area contributed by atoms with Gasteiger partial charge in [-0.1, -0.05) is 13.3 Å². The van der Waals surface area contributed by atoms with Crippen molar-refractivity contribution in [2.24, 2.45) is 11.7 Å². The first-order valence-corrected chi connectivity index (χ1v) is 6.06. The first kappa shape index (κ1) is 13.3. The quantitative estimate of drug-likeness (QED) is 0.627. The molecule has 0 spiro atoms. The summed E-state index contributed by atoms with van der Waals surface area (Å²) in [5, 5.41) is 12.0. The molecule has 0 radical (unpaired) electrons. The van der Waals surface area contributed by atoms with E-state index in [0.29, 0.717) is 19.0 Å². The van der Waals surface area contributed by atoms with Crippen LogP contribution in [0.4, 0.5) is 4.79 Å². The van der Waals surface area contributed by atoms with Crippen molar-refractivity contribution in [2.45, 2.75) is 32.2 Å². The summed E-state index contributed by atoms with van der Waals surface area (Å²) < 4.78 is 0. The standard InChI is InChI=1S/C11H23N3O2/c1-2-3-9-6-10(13-4-5-15)8-14(7-9)11(12)16/h9-10,13,15H,2-8H2,1H3,(H2,12,16). The van der Waals surface area contributed by atoms with Gasteiger partial charge in [0.25, 0.3) is 0 Å². The fourth-order valence-corrected chi connectivity index (χ4v) is 2.42. The van der Waals surface area contributed by atoms with Gasteiger partial charge in [-0.2, -0.15) is 0 Å². The molecule has 94 valence electrons. The Balaban J connectivity index is 2.48. The van der Waals surface area contributed by atoms with E-state index in [4.69, 9.17) is 10.8 Å². The van der Waals surface area contributed by atoms with Crippen molar-refractivity contribution in [3.8, 4) is 0 Å². The summed E-state index contributed by atoms with van der Waals surface area (Å²) in [6, 6.07) is -0.0680. The lowest BCUT2D eigenvalue weighted by Gasteiger charge is -2.37. The maximum atomic E-state index is 11.2. The van der Waals surface area contributed by atoms with Crippen molar-refractivity contribution in [3.63, 3.8) is 0 Å². The molecule has 16 heavy (non-hydrogen) atoms. The number of nitrogens with two attached hydrogens (primary N) is 1. The van der Waals surface area contributed by atoms with Gasteiger partial charge in [0, 0.05) is 25.7 Å². The number of hydrogen-bond donors (Lipinski definition) is 3. The number of primary amides is 1. The van der Waals surface area contributed by atoms with Crippen molar-refractivity contribution in [1.82, 2.24) is 10.2 Å². The van der Waals surface area contributed by atoms with E-state index in [9.17, 15) is 4.79 Å². The normalized spacial score (nSPS) is 25.8. The summed E-state index contributed by atoms with van der Waals surface area (Å²) in [4.78, 5) is 12.9. The molecule has 0 aromatic carbocycles. The predicted molar refractivity (Wildman–Crippen MR) is 63.0 cm³/mol. The highest BCUT2D eigenvalue weighted by Crippen LogP contribution is 2.21. The third kappa shape index (κ3) is 3.98. The molecule has 0 saturated carbocycles. The summed E-state index contributed by atoms with van der Waals surface area (Å²) >= 11 is 0. The van der Waals surface area contributed by atoms with E-state index in [0.717, 1.165) is 25.8 Å². The number of urea groups is 1. The zero-order valence-corrected chi connectivity index (χ0v) is 9.98. The van der Waals surface area contributed by atoms with Crippen molar-refractivity contribution in [3.05, 3.63) is 0 Å². The van der Waals surface area contributed by atoms with Crippen LogP contribution in [0.5, 0.6) is 0 Å². The molecule has 1 aliphatic heterocycles. The van der Waals surface area contributed by atoms with Gasteiger partial charge in [0.15, 0.2) is 0 Å². The number of nitrogens with one attached hydrogen (secondary N) is 1. The maximum absolute atomic E-state index is 11.2. The van der Waals surface area contributed by atoms with Crippen LogP contribution >= 0.6 is 0 Å². The fourth-order valence-electron chi connectivity index (χ4n) is 2.42. The molecule has 2 unspecified atom stereocenters. The van der Waals surface area contributed by atoms with Crippen molar-refractivity contribution in [2.75, 3.05) is 26.2 Å². The molecule has 0 aromatic rings. The van der Waals surface area contributed by atoms with E-state index in [1.54, 1.807) is 4.90 Å². The molecule has 4 N–H and O–H groups in total. The Labute approximate surface area is 97.0 Å². The highest BCUT2D eigenvalue weighted by Gasteiger charge is 2.27. The number of piperidine rings is 1. The van der Waals surface area contributed by atoms with Gasteiger partial charge in [-0.3, -0.25) is 0 Å². The van der Waals surface area contributed by atoms with Gasteiger partial charge in [0.05, 0.1) is 6.61 Å². The molecule has 1 aliphatic rings. The Bertz CT molecular complexity index is 223. The number of carbonyl (C=O) groups excluding carboxylic acids is 1. The maximum Gasteiger partial charge on any atom is 0.314 e. The predicted octanol–water partition coefficient (Wildman–Crippen LogP) is 0.138. The first-order valence-electron chi connectivity index (χ1n) is 6.06. The topological polar surface area (TPSA) is 78.6 Å². The Morgan fingerprint density at radius 1 is 1.56 bits per heavy atom. The van der Waals surface area contributed by atoms with Crippen molar-refractivity contribution in [1.29, 1.82) is 0 Å². The lowest BCUT2D eigenvalue weighted by atomic mass is 9.91.